The lowest BCUT2D eigenvalue weighted by atomic mass is 9.76. The van der Waals surface area contributed by atoms with E-state index in [0.717, 1.165) is 43.6 Å². The summed E-state index contributed by atoms with van der Waals surface area (Å²) in [6, 6.07) is 37.1. The maximum Gasteiger partial charge on any atom is 0.141 e. The van der Waals surface area contributed by atoms with Crippen LogP contribution in [0, 0.1) is 0 Å². The minimum atomic E-state index is -1.29. The van der Waals surface area contributed by atoms with Crippen molar-refractivity contribution in [3.05, 3.63) is 131 Å². The van der Waals surface area contributed by atoms with Gasteiger partial charge in [0.25, 0.3) is 0 Å². The molecule has 30 heavy (non-hydrogen) atoms. The second kappa shape index (κ2) is 7.71. The summed E-state index contributed by atoms with van der Waals surface area (Å²) in [5, 5.41) is 17.7. The summed E-state index contributed by atoms with van der Waals surface area (Å²) in [6.45, 7) is 0. The molecule has 0 aliphatic carbocycles. The molecule has 0 radical (unpaired) electrons. The van der Waals surface area contributed by atoms with Crippen LogP contribution in [-0.4, -0.2) is 5.11 Å². The molecule has 0 bridgehead atoms. The predicted octanol–water partition coefficient (Wildman–Crippen LogP) is 7.17. The van der Waals surface area contributed by atoms with Crippen molar-refractivity contribution in [1.82, 2.24) is 0 Å². The van der Waals surface area contributed by atoms with Crippen LogP contribution in [0.5, 0.6) is 0 Å². The SMILES string of the molecule is OC(c1ccc(CBr)cc1)(c1cccc2ccccc12)c1cccc2ccccc12. The van der Waals surface area contributed by atoms with E-state index in [9.17, 15) is 5.11 Å². The molecule has 1 nitrogen and oxygen atoms in total. The van der Waals surface area contributed by atoms with Crippen molar-refractivity contribution in [2.24, 2.45) is 0 Å². The molecule has 146 valence electrons. The molecule has 0 fully saturated rings. The first-order chi connectivity index (χ1) is 14.7. The van der Waals surface area contributed by atoms with Gasteiger partial charge in [0.1, 0.15) is 5.60 Å². The van der Waals surface area contributed by atoms with Crippen molar-refractivity contribution >= 4 is 37.5 Å². The van der Waals surface area contributed by atoms with E-state index in [-0.39, 0.29) is 0 Å². The number of rotatable bonds is 4. The Labute approximate surface area is 184 Å². The first-order valence-corrected chi connectivity index (χ1v) is 11.2. The minimum Gasteiger partial charge on any atom is -0.376 e. The van der Waals surface area contributed by atoms with Crippen LogP contribution in [-0.2, 0) is 10.9 Å². The van der Waals surface area contributed by atoms with Crippen molar-refractivity contribution in [3.63, 3.8) is 0 Å². The molecular formula is C28H21BrO. The van der Waals surface area contributed by atoms with Gasteiger partial charge in [-0.25, -0.2) is 0 Å². The Morgan fingerprint density at radius 2 is 1.03 bits per heavy atom. The lowest BCUT2D eigenvalue weighted by Gasteiger charge is -2.32. The summed E-state index contributed by atoms with van der Waals surface area (Å²) in [5.74, 6) is 0. The Hall–Kier alpha value is -2.94. The fourth-order valence-electron chi connectivity index (χ4n) is 4.37. The molecule has 0 aliphatic rings. The smallest absolute Gasteiger partial charge is 0.141 e. The topological polar surface area (TPSA) is 20.2 Å². The highest BCUT2D eigenvalue weighted by Crippen LogP contribution is 2.42. The summed E-state index contributed by atoms with van der Waals surface area (Å²) < 4.78 is 0. The van der Waals surface area contributed by atoms with Gasteiger partial charge in [-0.05, 0) is 32.7 Å². The molecule has 5 rings (SSSR count). The molecule has 0 spiro atoms. The van der Waals surface area contributed by atoms with Crippen LogP contribution < -0.4 is 0 Å². The van der Waals surface area contributed by atoms with Gasteiger partial charge < -0.3 is 5.11 Å². The highest BCUT2D eigenvalue weighted by atomic mass is 79.9. The van der Waals surface area contributed by atoms with E-state index in [4.69, 9.17) is 0 Å². The number of halogens is 1. The monoisotopic (exact) mass is 452 g/mol. The first kappa shape index (κ1) is 19.0. The average molecular weight is 453 g/mol. The molecule has 5 aromatic carbocycles. The molecule has 2 heteroatoms. The van der Waals surface area contributed by atoms with Gasteiger partial charge in [0.2, 0.25) is 0 Å². The number of hydrogen-bond donors (Lipinski definition) is 1. The molecule has 0 saturated heterocycles. The quantitative estimate of drug-likeness (QED) is 0.226. The number of benzene rings is 5. The fourth-order valence-corrected chi connectivity index (χ4v) is 4.75. The largest absolute Gasteiger partial charge is 0.376 e. The fraction of sp³-hybridized carbons (Fsp3) is 0.0714. The molecule has 0 atom stereocenters. The van der Waals surface area contributed by atoms with Crippen molar-refractivity contribution in [3.8, 4) is 0 Å². The van der Waals surface area contributed by atoms with E-state index in [1.807, 2.05) is 60.7 Å². The third-order valence-corrected chi connectivity index (χ3v) is 6.53. The highest BCUT2D eigenvalue weighted by Gasteiger charge is 2.36. The summed E-state index contributed by atoms with van der Waals surface area (Å²) in [7, 11) is 0. The zero-order chi connectivity index (χ0) is 20.6. The molecule has 0 heterocycles. The van der Waals surface area contributed by atoms with Crippen LogP contribution in [0.15, 0.2) is 109 Å². The van der Waals surface area contributed by atoms with Crippen LogP contribution in [0.4, 0.5) is 0 Å². The normalized spacial score (nSPS) is 11.8. The number of hydrogen-bond acceptors (Lipinski definition) is 1. The van der Waals surface area contributed by atoms with Crippen molar-refractivity contribution in [1.29, 1.82) is 0 Å². The highest BCUT2D eigenvalue weighted by molar-refractivity contribution is 9.08. The lowest BCUT2D eigenvalue weighted by Crippen LogP contribution is -2.29. The molecule has 0 amide bonds. The van der Waals surface area contributed by atoms with E-state index < -0.39 is 5.60 Å². The Kier molecular flexibility index (Phi) is 4.90. The van der Waals surface area contributed by atoms with E-state index in [1.54, 1.807) is 0 Å². The zero-order valence-electron chi connectivity index (χ0n) is 16.4. The second-order valence-corrected chi connectivity index (χ2v) is 8.16. The van der Waals surface area contributed by atoms with Crippen molar-refractivity contribution in [2.45, 2.75) is 10.9 Å². The first-order valence-electron chi connectivity index (χ1n) is 10.1. The van der Waals surface area contributed by atoms with Gasteiger partial charge in [0.05, 0.1) is 0 Å². The Bertz CT molecular complexity index is 1250. The van der Waals surface area contributed by atoms with Crippen molar-refractivity contribution in [2.75, 3.05) is 0 Å². The molecule has 0 aromatic heterocycles. The molecular weight excluding hydrogens is 432 g/mol. The van der Waals surface area contributed by atoms with Gasteiger partial charge in [-0.15, -0.1) is 0 Å². The van der Waals surface area contributed by atoms with Gasteiger partial charge >= 0.3 is 0 Å². The number of aliphatic hydroxyl groups is 1. The summed E-state index contributed by atoms with van der Waals surface area (Å²) in [5.41, 5.74) is 2.54. The van der Waals surface area contributed by atoms with Crippen LogP contribution in [0.1, 0.15) is 22.3 Å². The van der Waals surface area contributed by atoms with E-state index in [1.165, 1.54) is 5.56 Å². The zero-order valence-corrected chi connectivity index (χ0v) is 18.0. The van der Waals surface area contributed by atoms with Crippen molar-refractivity contribution < 1.29 is 5.11 Å². The Morgan fingerprint density at radius 3 is 1.53 bits per heavy atom. The summed E-state index contributed by atoms with van der Waals surface area (Å²) in [6.07, 6.45) is 0. The molecule has 0 saturated carbocycles. The standard InChI is InChI=1S/C28H21BrO/c29-19-20-15-17-23(18-16-20)28(30,26-13-5-9-21-7-1-3-11-24(21)26)27-14-6-10-22-8-2-4-12-25(22)27/h1-18,30H,19H2. The van der Waals surface area contributed by atoms with Crippen LogP contribution in [0.2, 0.25) is 0 Å². The van der Waals surface area contributed by atoms with Gasteiger partial charge in [-0.2, -0.15) is 0 Å². The van der Waals surface area contributed by atoms with Crippen LogP contribution in [0.25, 0.3) is 21.5 Å². The lowest BCUT2D eigenvalue weighted by molar-refractivity contribution is 0.129. The molecule has 0 aliphatic heterocycles. The average Bonchev–Trinajstić information content (AvgIpc) is 2.83. The number of alkyl halides is 1. The van der Waals surface area contributed by atoms with Gasteiger partial charge in [-0.1, -0.05) is 125 Å². The van der Waals surface area contributed by atoms with Gasteiger partial charge in [0, 0.05) is 16.5 Å². The molecule has 1 N–H and O–H groups in total. The second-order valence-electron chi connectivity index (χ2n) is 7.59. The third kappa shape index (κ3) is 3.04. The minimum absolute atomic E-state index is 0.786. The van der Waals surface area contributed by atoms with E-state index in [0.29, 0.717) is 0 Å². The predicted molar refractivity (Wildman–Crippen MR) is 129 cm³/mol. The van der Waals surface area contributed by atoms with E-state index in [2.05, 4.69) is 64.5 Å². The van der Waals surface area contributed by atoms with Gasteiger partial charge in [0.15, 0.2) is 0 Å². The third-order valence-electron chi connectivity index (χ3n) is 5.88. The maximum absolute atomic E-state index is 12.6. The molecule has 0 unspecified atom stereocenters. The van der Waals surface area contributed by atoms with Gasteiger partial charge in [-0.3, -0.25) is 0 Å². The molecule has 5 aromatic rings. The van der Waals surface area contributed by atoms with Crippen LogP contribution >= 0.6 is 15.9 Å². The maximum atomic E-state index is 12.6. The Balaban J connectivity index is 1.88. The Morgan fingerprint density at radius 1 is 0.567 bits per heavy atom. The summed E-state index contributed by atoms with van der Waals surface area (Å²) >= 11 is 3.52. The van der Waals surface area contributed by atoms with Crippen LogP contribution in [0.3, 0.4) is 0 Å². The number of fused-ring (bicyclic) bond motifs is 2. The summed E-state index contributed by atoms with van der Waals surface area (Å²) in [4.78, 5) is 0. The van der Waals surface area contributed by atoms with E-state index >= 15 is 0 Å².